The third kappa shape index (κ3) is 4.11. The Balaban J connectivity index is 1.98. The third-order valence-corrected chi connectivity index (χ3v) is 3.18. The van der Waals surface area contributed by atoms with E-state index in [1.807, 2.05) is 31.2 Å². The predicted molar refractivity (Wildman–Crippen MR) is 74.7 cm³/mol. The van der Waals surface area contributed by atoms with E-state index in [0.717, 1.165) is 16.5 Å². The zero-order chi connectivity index (χ0) is 14.6. The zero-order valence-electron chi connectivity index (χ0n) is 11.2. The van der Waals surface area contributed by atoms with E-state index in [0.29, 0.717) is 6.42 Å². The Bertz CT molecular complexity index is 561. The smallest absolute Gasteiger partial charge is 0.382 e. The number of hydrogen-bond acceptors (Lipinski definition) is 2. The van der Waals surface area contributed by atoms with Gasteiger partial charge in [0.1, 0.15) is 0 Å². The maximum atomic E-state index is 12.1. The molecule has 2 aromatic rings. The lowest BCUT2D eigenvalue weighted by molar-refractivity contribution is -0.135. The molecule has 0 saturated heterocycles. The maximum absolute atomic E-state index is 12.1. The van der Waals surface area contributed by atoms with Crippen LogP contribution in [-0.4, -0.2) is 17.2 Å². The Morgan fingerprint density at radius 1 is 1.25 bits per heavy atom. The third-order valence-electron chi connectivity index (χ3n) is 3.18. The van der Waals surface area contributed by atoms with Crippen molar-refractivity contribution in [3.8, 4) is 0 Å². The molecule has 108 valence electrons. The van der Waals surface area contributed by atoms with Crippen LogP contribution in [0.2, 0.25) is 0 Å². The Kier molecular flexibility index (Phi) is 4.47. The summed E-state index contributed by atoms with van der Waals surface area (Å²) >= 11 is 0. The van der Waals surface area contributed by atoms with Gasteiger partial charge in [-0.2, -0.15) is 13.2 Å². The Morgan fingerprint density at radius 2 is 2.05 bits per heavy atom. The molecule has 5 heteroatoms. The number of fused-ring (bicyclic) bond motifs is 1. The molecule has 1 heterocycles. The summed E-state index contributed by atoms with van der Waals surface area (Å²) in [5.74, 6) is 0. The molecule has 1 unspecified atom stereocenters. The predicted octanol–water partition coefficient (Wildman–Crippen LogP) is 4.77. The Labute approximate surface area is 116 Å². The van der Waals surface area contributed by atoms with Gasteiger partial charge in [-0.05, 0) is 31.9 Å². The minimum Gasteiger partial charge on any atom is -0.382 e. The van der Waals surface area contributed by atoms with E-state index >= 15 is 0 Å². The first kappa shape index (κ1) is 14.6. The lowest BCUT2D eigenvalue weighted by Gasteiger charge is -2.17. The Morgan fingerprint density at radius 3 is 2.80 bits per heavy atom. The summed E-state index contributed by atoms with van der Waals surface area (Å²) in [5, 5.41) is 5.32. The summed E-state index contributed by atoms with van der Waals surface area (Å²) in [4.78, 5) is 4.06. The second-order valence-corrected chi connectivity index (χ2v) is 4.96. The van der Waals surface area contributed by atoms with Gasteiger partial charge in [0.25, 0.3) is 0 Å². The topological polar surface area (TPSA) is 24.9 Å². The van der Waals surface area contributed by atoms with Gasteiger partial charge in [-0.1, -0.05) is 12.1 Å². The fourth-order valence-corrected chi connectivity index (χ4v) is 2.19. The van der Waals surface area contributed by atoms with Crippen LogP contribution in [0.1, 0.15) is 26.2 Å². The summed E-state index contributed by atoms with van der Waals surface area (Å²) in [5.41, 5.74) is 0.935. The monoisotopic (exact) mass is 282 g/mol. The standard InChI is InChI=1S/C15H17F3N2/c1-11(4-3-8-15(16,17)18)20-14-6-2-5-12-10-19-9-7-13(12)14/h2,5-7,9-11,20H,3-4,8H2,1H3. The molecular weight excluding hydrogens is 265 g/mol. The molecular formula is C15H17F3N2. The molecule has 0 aliphatic rings. The van der Waals surface area contributed by atoms with Crippen molar-refractivity contribution in [3.05, 3.63) is 36.7 Å². The Hall–Kier alpha value is -1.78. The van der Waals surface area contributed by atoms with E-state index in [1.54, 1.807) is 12.4 Å². The molecule has 0 radical (unpaired) electrons. The fraction of sp³-hybridized carbons (Fsp3) is 0.400. The number of aromatic nitrogens is 1. The van der Waals surface area contributed by atoms with E-state index in [-0.39, 0.29) is 12.5 Å². The van der Waals surface area contributed by atoms with E-state index in [1.165, 1.54) is 0 Å². The molecule has 20 heavy (non-hydrogen) atoms. The average molecular weight is 282 g/mol. The van der Waals surface area contributed by atoms with Crippen molar-refractivity contribution in [2.24, 2.45) is 0 Å². The van der Waals surface area contributed by atoms with Gasteiger partial charge in [0.2, 0.25) is 0 Å². The highest BCUT2D eigenvalue weighted by Gasteiger charge is 2.26. The number of halogens is 3. The van der Waals surface area contributed by atoms with Gasteiger partial charge in [-0.3, -0.25) is 4.98 Å². The fourth-order valence-electron chi connectivity index (χ4n) is 2.19. The summed E-state index contributed by atoms with van der Waals surface area (Å²) in [6.45, 7) is 1.90. The molecule has 1 aromatic carbocycles. The molecule has 2 nitrogen and oxygen atoms in total. The molecule has 0 spiro atoms. The number of anilines is 1. The van der Waals surface area contributed by atoms with Crippen LogP contribution in [0, 0.1) is 0 Å². The quantitative estimate of drug-likeness (QED) is 0.854. The van der Waals surface area contributed by atoms with Crippen molar-refractivity contribution < 1.29 is 13.2 Å². The van der Waals surface area contributed by atoms with Crippen molar-refractivity contribution in [2.45, 2.75) is 38.4 Å². The molecule has 1 atom stereocenters. The number of nitrogens with zero attached hydrogens (tertiary/aromatic N) is 1. The molecule has 1 aromatic heterocycles. The highest BCUT2D eigenvalue weighted by molar-refractivity contribution is 5.93. The minimum absolute atomic E-state index is 0.00360. The first-order valence-electron chi connectivity index (χ1n) is 6.62. The molecule has 0 bridgehead atoms. The van der Waals surface area contributed by atoms with Gasteiger partial charge in [0, 0.05) is 41.3 Å². The van der Waals surface area contributed by atoms with Crippen LogP contribution in [0.25, 0.3) is 10.8 Å². The molecule has 0 aliphatic carbocycles. The van der Waals surface area contributed by atoms with Crippen molar-refractivity contribution in [1.29, 1.82) is 0 Å². The normalized spacial score (nSPS) is 13.4. The van der Waals surface area contributed by atoms with Crippen LogP contribution in [0.3, 0.4) is 0 Å². The van der Waals surface area contributed by atoms with Crippen LogP contribution in [0.5, 0.6) is 0 Å². The molecule has 0 fully saturated rings. The van der Waals surface area contributed by atoms with Gasteiger partial charge in [0.05, 0.1) is 0 Å². The molecule has 0 amide bonds. The second kappa shape index (κ2) is 6.11. The molecule has 0 aliphatic heterocycles. The van der Waals surface area contributed by atoms with Crippen LogP contribution >= 0.6 is 0 Å². The second-order valence-electron chi connectivity index (χ2n) is 4.96. The SMILES string of the molecule is CC(CCCC(F)(F)F)Nc1cccc2cnccc12. The highest BCUT2D eigenvalue weighted by Crippen LogP contribution is 2.25. The molecule has 1 N–H and O–H groups in total. The van der Waals surface area contributed by atoms with Crippen molar-refractivity contribution in [1.82, 2.24) is 4.98 Å². The lowest BCUT2D eigenvalue weighted by atomic mass is 10.1. The van der Waals surface area contributed by atoms with Crippen molar-refractivity contribution in [3.63, 3.8) is 0 Å². The van der Waals surface area contributed by atoms with Crippen molar-refractivity contribution in [2.75, 3.05) is 5.32 Å². The first-order chi connectivity index (χ1) is 9.46. The minimum atomic E-state index is -4.06. The van der Waals surface area contributed by atoms with Gasteiger partial charge in [-0.25, -0.2) is 0 Å². The number of hydrogen-bond donors (Lipinski definition) is 1. The van der Waals surface area contributed by atoms with Crippen LogP contribution in [0.15, 0.2) is 36.7 Å². The molecule has 2 rings (SSSR count). The van der Waals surface area contributed by atoms with E-state index in [4.69, 9.17) is 0 Å². The number of rotatable bonds is 5. The van der Waals surface area contributed by atoms with Gasteiger partial charge in [0.15, 0.2) is 0 Å². The van der Waals surface area contributed by atoms with Gasteiger partial charge in [-0.15, -0.1) is 0 Å². The number of pyridine rings is 1. The summed E-state index contributed by atoms with van der Waals surface area (Å²) in [6.07, 6.45) is -0.676. The van der Waals surface area contributed by atoms with E-state index < -0.39 is 12.6 Å². The lowest BCUT2D eigenvalue weighted by Crippen LogP contribution is -2.16. The number of nitrogens with one attached hydrogen (secondary N) is 1. The van der Waals surface area contributed by atoms with Gasteiger partial charge < -0.3 is 5.32 Å². The highest BCUT2D eigenvalue weighted by atomic mass is 19.4. The first-order valence-corrected chi connectivity index (χ1v) is 6.62. The van der Waals surface area contributed by atoms with E-state index in [2.05, 4.69) is 10.3 Å². The van der Waals surface area contributed by atoms with Crippen LogP contribution in [-0.2, 0) is 0 Å². The summed E-state index contributed by atoms with van der Waals surface area (Å²) < 4.78 is 36.3. The summed E-state index contributed by atoms with van der Waals surface area (Å²) in [6, 6.07) is 7.70. The largest absolute Gasteiger partial charge is 0.389 e. The number of alkyl halides is 3. The van der Waals surface area contributed by atoms with Crippen LogP contribution < -0.4 is 5.32 Å². The van der Waals surface area contributed by atoms with Crippen molar-refractivity contribution >= 4 is 16.5 Å². The summed E-state index contributed by atoms with van der Waals surface area (Å²) in [7, 11) is 0. The van der Waals surface area contributed by atoms with E-state index in [9.17, 15) is 13.2 Å². The number of benzene rings is 1. The van der Waals surface area contributed by atoms with Gasteiger partial charge >= 0.3 is 6.18 Å². The average Bonchev–Trinajstić information content (AvgIpc) is 2.37. The maximum Gasteiger partial charge on any atom is 0.389 e. The van der Waals surface area contributed by atoms with Crippen LogP contribution in [0.4, 0.5) is 18.9 Å². The molecule has 0 saturated carbocycles. The zero-order valence-corrected chi connectivity index (χ0v) is 11.2.